The molecule has 0 amide bonds. The molecule has 4 heteroatoms. The van der Waals surface area contributed by atoms with E-state index in [9.17, 15) is 9.59 Å². The number of carbonyl (C=O) groups excluding carboxylic acids is 1. The number of hydrogen-bond donors (Lipinski definition) is 0. The van der Waals surface area contributed by atoms with Crippen LogP contribution in [0.5, 0.6) is 0 Å². The molecule has 0 aliphatic carbocycles. The first-order valence-corrected chi connectivity index (χ1v) is 8.22. The maximum absolute atomic E-state index is 13.0. The van der Waals surface area contributed by atoms with Gasteiger partial charge >= 0.3 is 5.76 Å². The monoisotopic (exact) mass is 341 g/mol. The van der Waals surface area contributed by atoms with Gasteiger partial charge in [0.25, 0.3) is 5.91 Å². The Labute approximate surface area is 150 Å². The highest BCUT2D eigenvalue weighted by atomic mass is 16.4. The van der Waals surface area contributed by atoms with Gasteiger partial charge in [0.15, 0.2) is 5.76 Å². The summed E-state index contributed by atoms with van der Waals surface area (Å²) in [6.07, 6.45) is 0. The normalized spacial score (nSPS) is 10.6. The molecule has 0 radical (unpaired) electrons. The fourth-order valence-corrected chi connectivity index (χ4v) is 2.91. The predicted molar refractivity (Wildman–Crippen MR) is 100 cm³/mol. The Morgan fingerprint density at radius 1 is 0.692 bits per heavy atom. The molecule has 26 heavy (non-hydrogen) atoms. The van der Waals surface area contributed by atoms with Crippen molar-refractivity contribution in [1.82, 2.24) is 4.57 Å². The molecule has 0 saturated heterocycles. The number of rotatable bonds is 3. The van der Waals surface area contributed by atoms with Crippen LogP contribution in [0.4, 0.5) is 0 Å². The molecular formula is C22H15NO3. The third kappa shape index (κ3) is 2.78. The van der Waals surface area contributed by atoms with Crippen LogP contribution in [-0.4, -0.2) is 10.5 Å². The second kappa shape index (κ2) is 6.69. The Kier molecular flexibility index (Phi) is 4.07. The molecule has 3 aromatic carbocycles. The highest BCUT2D eigenvalue weighted by molar-refractivity contribution is 5.99. The SMILES string of the molecule is O=C(c1ccccc1)n1c(-c2ccccc2)c(-c2ccccc2)oc1=O. The number of carbonyl (C=O) groups is 1. The van der Waals surface area contributed by atoms with Crippen molar-refractivity contribution in [3.05, 3.63) is 107 Å². The van der Waals surface area contributed by atoms with Crippen LogP contribution in [0.15, 0.2) is 100 Å². The molecule has 1 aromatic heterocycles. The van der Waals surface area contributed by atoms with E-state index in [1.807, 2.05) is 66.7 Å². The quantitative estimate of drug-likeness (QED) is 0.553. The van der Waals surface area contributed by atoms with E-state index in [1.165, 1.54) is 0 Å². The molecule has 0 fully saturated rings. The smallest absolute Gasteiger partial charge is 0.407 e. The van der Waals surface area contributed by atoms with Crippen LogP contribution in [-0.2, 0) is 0 Å². The largest absolute Gasteiger partial charge is 0.427 e. The lowest BCUT2D eigenvalue weighted by atomic mass is 10.1. The Bertz CT molecular complexity index is 1090. The minimum Gasteiger partial charge on any atom is -0.407 e. The Balaban J connectivity index is 1.99. The first-order valence-electron chi connectivity index (χ1n) is 8.22. The fourth-order valence-electron chi connectivity index (χ4n) is 2.91. The molecule has 126 valence electrons. The first kappa shape index (κ1) is 15.8. The van der Waals surface area contributed by atoms with Gasteiger partial charge in [0.05, 0.1) is 0 Å². The van der Waals surface area contributed by atoms with Crippen molar-refractivity contribution in [1.29, 1.82) is 0 Å². The maximum Gasteiger partial charge on any atom is 0.427 e. The molecule has 0 saturated carbocycles. The zero-order valence-electron chi connectivity index (χ0n) is 13.8. The van der Waals surface area contributed by atoms with Gasteiger partial charge in [-0.15, -0.1) is 0 Å². The number of benzene rings is 3. The summed E-state index contributed by atoms with van der Waals surface area (Å²) in [5.41, 5.74) is 2.35. The summed E-state index contributed by atoms with van der Waals surface area (Å²) >= 11 is 0. The maximum atomic E-state index is 13.0. The summed E-state index contributed by atoms with van der Waals surface area (Å²) < 4.78 is 6.62. The average molecular weight is 341 g/mol. The molecule has 0 unspecified atom stereocenters. The van der Waals surface area contributed by atoms with Crippen molar-refractivity contribution in [2.75, 3.05) is 0 Å². The van der Waals surface area contributed by atoms with Crippen molar-refractivity contribution in [2.45, 2.75) is 0 Å². The van der Waals surface area contributed by atoms with E-state index in [1.54, 1.807) is 24.3 Å². The third-order valence-corrected chi connectivity index (χ3v) is 4.12. The van der Waals surface area contributed by atoms with E-state index < -0.39 is 11.7 Å². The van der Waals surface area contributed by atoms with Crippen LogP contribution in [0.1, 0.15) is 10.4 Å². The molecule has 0 aliphatic rings. The van der Waals surface area contributed by atoms with Crippen molar-refractivity contribution in [3.63, 3.8) is 0 Å². The number of nitrogens with zero attached hydrogens (tertiary/aromatic N) is 1. The van der Waals surface area contributed by atoms with Crippen molar-refractivity contribution in [3.8, 4) is 22.6 Å². The second-order valence-corrected chi connectivity index (χ2v) is 5.78. The van der Waals surface area contributed by atoms with Gasteiger partial charge in [-0.05, 0) is 12.1 Å². The minimum absolute atomic E-state index is 0.381. The first-order chi connectivity index (χ1) is 12.8. The molecule has 4 aromatic rings. The fraction of sp³-hybridized carbons (Fsp3) is 0. The van der Waals surface area contributed by atoms with Crippen LogP contribution in [0.2, 0.25) is 0 Å². The number of aromatic nitrogens is 1. The highest BCUT2D eigenvalue weighted by Crippen LogP contribution is 2.31. The van der Waals surface area contributed by atoms with Gasteiger partial charge in [0.2, 0.25) is 0 Å². The van der Waals surface area contributed by atoms with E-state index in [-0.39, 0.29) is 0 Å². The van der Waals surface area contributed by atoms with Gasteiger partial charge in [-0.1, -0.05) is 78.9 Å². The third-order valence-electron chi connectivity index (χ3n) is 4.12. The van der Waals surface area contributed by atoms with Crippen LogP contribution in [0.3, 0.4) is 0 Å². The lowest BCUT2D eigenvalue weighted by molar-refractivity contribution is 0.0954. The van der Waals surface area contributed by atoms with Crippen LogP contribution >= 0.6 is 0 Å². The Morgan fingerprint density at radius 2 is 1.19 bits per heavy atom. The van der Waals surface area contributed by atoms with Gasteiger partial charge in [-0.25, -0.2) is 9.36 Å². The number of hydrogen-bond acceptors (Lipinski definition) is 3. The lowest BCUT2D eigenvalue weighted by Crippen LogP contribution is -2.24. The van der Waals surface area contributed by atoms with Gasteiger partial charge in [0.1, 0.15) is 5.69 Å². The lowest BCUT2D eigenvalue weighted by Gasteiger charge is -2.07. The van der Waals surface area contributed by atoms with Gasteiger partial charge < -0.3 is 4.42 Å². The Morgan fingerprint density at radius 3 is 1.77 bits per heavy atom. The van der Waals surface area contributed by atoms with Crippen molar-refractivity contribution in [2.24, 2.45) is 0 Å². The molecule has 0 aliphatic heterocycles. The van der Waals surface area contributed by atoms with E-state index in [0.29, 0.717) is 17.0 Å². The van der Waals surface area contributed by atoms with Crippen LogP contribution in [0, 0.1) is 0 Å². The van der Waals surface area contributed by atoms with E-state index in [2.05, 4.69) is 0 Å². The molecule has 0 bridgehead atoms. The zero-order valence-corrected chi connectivity index (χ0v) is 13.8. The zero-order chi connectivity index (χ0) is 17.9. The predicted octanol–water partition coefficient (Wildman–Crippen LogP) is 4.46. The van der Waals surface area contributed by atoms with Crippen LogP contribution in [0.25, 0.3) is 22.6 Å². The van der Waals surface area contributed by atoms with E-state index in [0.717, 1.165) is 15.7 Å². The van der Waals surface area contributed by atoms with Crippen molar-refractivity contribution < 1.29 is 9.21 Å². The topological polar surface area (TPSA) is 52.2 Å². The average Bonchev–Trinajstić information content (AvgIpc) is 3.06. The summed E-state index contributed by atoms with van der Waals surface area (Å²) in [7, 11) is 0. The van der Waals surface area contributed by atoms with E-state index >= 15 is 0 Å². The van der Waals surface area contributed by atoms with Crippen LogP contribution < -0.4 is 5.76 Å². The summed E-state index contributed by atoms with van der Waals surface area (Å²) in [5, 5.41) is 0. The molecule has 0 spiro atoms. The standard InChI is InChI=1S/C22H15NO3/c24-21(18-14-8-3-9-15-18)23-19(16-10-4-1-5-11-16)20(26-22(23)25)17-12-6-2-7-13-17/h1-15H. The summed E-state index contributed by atoms with van der Waals surface area (Å²) in [6.45, 7) is 0. The molecule has 4 rings (SSSR count). The second-order valence-electron chi connectivity index (χ2n) is 5.78. The Hall–Kier alpha value is -3.66. The van der Waals surface area contributed by atoms with Crippen molar-refractivity contribution >= 4 is 5.91 Å². The highest BCUT2D eigenvalue weighted by Gasteiger charge is 2.24. The molecule has 0 N–H and O–H groups in total. The minimum atomic E-state index is -0.698. The summed E-state index contributed by atoms with van der Waals surface area (Å²) in [6, 6.07) is 27.3. The summed E-state index contributed by atoms with van der Waals surface area (Å²) in [4.78, 5) is 25.6. The summed E-state index contributed by atoms with van der Waals surface area (Å²) in [5.74, 6) is -0.733. The van der Waals surface area contributed by atoms with Gasteiger partial charge in [-0.3, -0.25) is 4.79 Å². The molecule has 1 heterocycles. The van der Waals surface area contributed by atoms with E-state index in [4.69, 9.17) is 4.42 Å². The van der Waals surface area contributed by atoms with Gasteiger partial charge in [0, 0.05) is 16.7 Å². The van der Waals surface area contributed by atoms with Gasteiger partial charge in [-0.2, -0.15) is 0 Å². The molecular weight excluding hydrogens is 326 g/mol. The molecule has 4 nitrogen and oxygen atoms in total. The number of oxazole rings is 1. The molecule has 0 atom stereocenters.